The number of halogens is 1. The summed E-state index contributed by atoms with van der Waals surface area (Å²) in [6.45, 7) is 3.37. The summed E-state index contributed by atoms with van der Waals surface area (Å²) in [5, 5.41) is 10.7. The van der Waals surface area contributed by atoms with E-state index in [1.54, 1.807) is 12.0 Å². The van der Waals surface area contributed by atoms with Crippen LogP contribution in [0.4, 0.5) is 4.39 Å². The average molecular weight is 351 g/mol. The van der Waals surface area contributed by atoms with Gasteiger partial charge in [0.05, 0.1) is 5.60 Å². The van der Waals surface area contributed by atoms with Gasteiger partial charge in [-0.25, -0.2) is 4.39 Å². The van der Waals surface area contributed by atoms with Gasteiger partial charge in [0.25, 0.3) is 0 Å². The zero-order valence-electron chi connectivity index (χ0n) is 14.8. The molecule has 25 heavy (non-hydrogen) atoms. The molecule has 1 N–H and O–H groups in total. The summed E-state index contributed by atoms with van der Waals surface area (Å²) < 4.78 is 17.9. The van der Waals surface area contributed by atoms with Crippen molar-refractivity contribution in [3.05, 3.63) is 35.6 Å². The van der Waals surface area contributed by atoms with E-state index in [9.17, 15) is 19.1 Å². The maximum atomic E-state index is 12.9. The highest BCUT2D eigenvalue weighted by Gasteiger charge is 2.39. The minimum atomic E-state index is -0.809. The second-order valence-corrected chi connectivity index (χ2v) is 6.77. The second-order valence-electron chi connectivity index (χ2n) is 6.77. The standard InChI is InChI=1S/C19H26FNO4/c1-14-13-21(11-9-19(14,24)10-12-25-2)18(23)8-7-17(22)15-3-5-16(20)6-4-15/h3-6,14,24H,7-13H2,1-2H3/t14-,19-/m1/s1. The number of amides is 1. The van der Waals surface area contributed by atoms with Crippen molar-refractivity contribution in [1.29, 1.82) is 0 Å². The number of carbonyl (C=O) groups is 2. The Morgan fingerprint density at radius 1 is 1.32 bits per heavy atom. The van der Waals surface area contributed by atoms with Gasteiger partial charge in [-0.3, -0.25) is 9.59 Å². The second kappa shape index (κ2) is 8.54. The number of Topliss-reactive ketones (excluding diaryl/α,β-unsaturated/α-hetero) is 1. The van der Waals surface area contributed by atoms with E-state index in [0.29, 0.717) is 38.1 Å². The smallest absolute Gasteiger partial charge is 0.223 e. The summed E-state index contributed by atoms with van der Waals surface area (Å²) in [5.74, 6) is -0.699. The molecule has 5 nitrogen and oxygen atoms in total. The quantitative estimate of drug-likeness (QED) is 0.766. The molecule has 0 saturated carbocycles. The number of methoxy groups -OCH3 is 1. The maximum absolute atomic E-state index is 12.9. The number of ether oxygens (including phenoxy) is 1. The Morgan fingerprint density at radius 3 is 2.60 bits per heavy atom. The van der Waals surface area contributed by atoms with E-state index in [-0.39, 0.29) is 30.4 Å². The molecule has 0 aliphatic carbocycles. The number of likely N-dealkylation sites (tertiary alicyclic amines) is 1. The molecule has 1 heterocycles. The first-order chi connectivity index (χ1) is 11.9. The van der Waals surface area contributed by atoms with Gasteiger partial charge in [-0.1, -0.05) is 6.92 Å². The third-order valence-corrected chi connectivity index (χ3v) is 5.05. The van der Waals surface area contributed by atoms with Crippen LogP contribution in [0.5, 0.6) is 0 Å². The summed E-state index contributed by atoms with van der Waals surface area (Å²) in [6.07, 6.45) is 1.29. The van der Waals surface area contributed by atoms with E-state index in [1.807, 2.05) is 6.92 Å². The highest BCUT2D eigenvalue weighted by atomic mass is 19.1. The molecule has 2 rings (SSSR count). The lowest BCUT2D eigenvalue weighted by atomic mass is 9.80. The van der Waals surface area contributed by atoms with Gasteiger partial charge in [-0.2, -0.15) is 0 Å². The predicted molar refractivity (Wildman–Crippen MR) is 91.8 cm³/mol. The van der Waals surface area contributed by atoms with Crippen LogP contribution in [0, 0.1) is 11.7 Å². The van der Waals surface area contributed by atoms with Gasteiger partial charge in [0.2, 0.25) is 5.91 Å². The molecule has 1 amide bonds. The molecule has 6 heteroatoms. The molecule has 1 aromatic rings. The van der Waals surface area contributed by atoms with Crippen molar-refractivity contribution < 1.29 is 23.8 Å². The predicted octanol–water partition coefficient (Wildman–Crippen LogP) is 2.42. The minimum Gasteiger partial charge on any atom is -0.389 e. The van der Waals surface area contributed by atoms with Gasteiger partial charge in [0, 0.05) is 51.1 Å². The summed E-state index contributed by atoms with van der Waals surface area (Å²) in [5.41, 5.74) is -0.397. The van der Waals surface area contributed by atoms with Gasteiger partial charge in [0.15, 0.2) is 5.78 Å². The SMILES string of the molecule is COCC[C@]1(O)CCN(C(=O)CCC(=O)c2ccc(F)cc2)C[C@H]1C. The topological polar surface area (TPSA) is 66.8 Å². The maximum Gasteiger partial charge on any atom is 0.223 e. The molecule has 1 fully saturated rings. The van der Waals surface area contributed by atoms with Crippen LogP contribution in [0.2, 0.25) is 0 Å². The van der Waals surface area contributed by atoms with Crippen LogP contribution in [0.1, 0.15) is 43.0 Å². The first-order valence-corrected chi connectivity index (χ1v) is 8.63. The van der Waals surface area contributed by atoms with E-state index < -0.39 is 11.4 Å². The van der Waals surface area contributed by atoms with E-state index >= 15 is 0 Å². The molecule has 1 aliphatic heterocycles. The Bertz CT molecular complexity index is 604. The minimum absolute atomic E-state index is 0.0480. The molecule has 138 valence electrons. The summed E-state index contributed by atoms with van der Waals surface area (Å²) in [6, 6.07) is 5.34. The lowest BCUT2D eigenvalue weighted by molar-refractivity contribution is -0.140. The Morgan fingerprint density at radius 2 is 2.00 bits per heavy atom. The Balaban J connectivity index is 1.83. The molecular formula is C19H26FNO4. The number of piperidine rings is 1. The van der Waals surface area contributed by atoms with Crippen molar-refractivity contribution in [1.82, 2.24) is 4.90 Å². The average Bonchev–Trinajstić information content (AvgIpc) is 2.60. The number of hydrogen-bond acceptors (Lipinski definition) is 4. The highest BCUT2D eigenvalue weighted by Crippen LogP contribution is 2.31. The van der Waals surface area contributed by atoms with Crippen molar-refractivity contribution in [2.75, 3.05) is 26.8 Å². The fourth-order valence-corrected chi connectivity index (χ4v) is 3.20. The van der Waals surface area contributed by atoms with E-state index in [0.717, 1.165) is 0 Å². The fraction of sp³-hybridized carbons (Fsp3) is 0.579. The van der Waals surface area contributed by atoms with Crippen molar-refractivity contribution >= 4 is 11.7 Å². The molecule has 0 spiro atoms. The van der Waals surface area contributed by atoms with E-state index in [2.05, 4.69) is 0 Å². The number of rotatable bonds is 7. The fourth-order valence-electron chi connectivity index (χ4n) is 3.20. The van der Waals surface area contributed by atoms with Crippen molar-refractivity contribution in [3.8, 4) is 0 Å². The summed E-state index contributed by atoms with van der Waals surface area (Å²) in [7, 11) is 1.60. The molecule has 0 radical (unpaired) electrons. The number of benzene rings is 1. The first-order valence-electron chi connectivity index (χ1n) is 8.63. The van der Waals surface area contributed by atoms with Gasteiger partial charge < -0.3 is 14.7 Å². The van der Waals surface area contributed by atoms with E-state index in [4.69, 9.17) is 4.74 Å². The van der Waals surface area contributed by atoms with Crippen molar-refractivity contribution in [2.45, 2.75) is 38.2 Å². The Hall–Kier alpha value is -1.79. The summed E-state index contributed by atoms with van der Waals surface area (Å²) >= 11 is 0. The Labute approximate surface area is 147 Å². The van der Waals surface area contributed by atoms with Gasteiger partial charge in [-0.05, 0) is 37.1 Å². The number of ketones is 1. The summed E-state index contributed by atoms with van der Waals surface area (Å²) in [4.78, 5) is 26.2. The highest BCUT2D eigenvalue weighted by molar-refractivity contribution is 5.97. The van der Waals surface area contributed by atoms with Crippen LogP contribution >= 0.6 is 0 Å². The first kappa shape index (κ1) is 19.5. The lowest BCUT2D eigenvalue weighted by Gasteiger charge is -2.43. The van der Waals surface area contributed by atoms with Gasteiger partial charge in [0.1, 0.15) is 5.82 Å². The number of hydrogen-bond donors (Lipinski definition) is 1. The van der Waals surface area contributed by atoms with Crippen LogP contribution in [0.25, 0.3) is 0 Å². The van der Waals surface area contributed by atoms with Crippen LogP contribution < -0.4 is 0 Å². The molecule has 1 saturated heterocycles. The van der Waals surface area contributed by atoms with Crippen LogP contribution in [0.3, 0.4) is 0 Å². The number of aliphatic hydroxyl groups is 1. The number of nitrogens with zero attached hydrogens (tertiary/aromatic N) is 1. The zero-order chi connectivity index (χ0) is 18.4. The molecule has 2 atom stereocenters. The molecule has 1 aromatic carbocycles. The van der Waals surface area contributed by atoms with Gasteiger partial charge in [-0.15, -0.1) is 0 Å². The zero-order valence-corrected chi connectivity index (χ0v) is 14.8. The van der Waals surface area contributed by atoms with Crippen LogP contribution in [-0.4, -0.2) is 54.1 Å². The molecule has 0 unspecified atom stereocenters. The van der Waals surface area contributed by atoms with E-state index in [1.165, 1.54) is 24.3 Å². The largest absolute Gasteiger partial charge is 0.389 e. The van der Waals surface area contributed by atoms with Crippen molar-refractivity contribution in [2.24, 2.45) is 5.92 Å². The molecular weight excluding hydrogens is 325 g/mol. The van der Waals surface area contributed by atoms with Crippen molar-refractivity contribution in [3.63, 3.8) is 0 Å². The van der Waals surface area contributed by atoms with Crippen LogP contribution in [0.15, 0.2) is 24.3 Å². The van der Waals surface area contributed by atoms with Crippen LogP contribution in [-0.2, 0) is 9.53 Å². The number of carbonyl (C=O) groups excluding carboxylic acids is 2. The lowest BCUT2D eigenvalue weighted by Crippen LogP contribution is -2.52. The molecule has 0 aromatic heterocycles. The third-order valence-electron chi connectivity index (χ3n) is 5.05. The van der Waals surface area contributed by atoms with Gasteiger partial charge >= 0.3 is 0 Å². The third kappa shape index (κ3) is 5.09. The molecule has 0 bridgehead atoms. The normalized spacial score (nSPS) is 23.5. The molecule has 1 aliphatic rings. The Kier molecular flexibility index (Phi) is 6.67. The monoisotopic (exact) mass is 351 g/mol.